The minimum Gasteiger partial charge on any atom is -0.486 e. The maximum Gasteiger partial charge on any atom is 0.201 e. The third kappa shape index (κ3) is 2.78. The van der Waals surface area contributed by atoms with Crippen LogP contribution >= 0.6 is 11.6 Å². The zero-order valence-electron chi connectivity index (χ0n) is 8.18. The highest BCUT2D eigenvalue weighted by Crippen LogP contribution is 2.33. The predicted octanol–water partition coefficient (Wildman–Crippen LogP) is 0.596. The van der Waals surface area contributed by atoms with Crippen molar-refractivity contribution in [3.05, 3.63) is 23.2 Å². The Morgan fingerprint density at radius 1 is 1.44 bits per heavy atom. The van der Waals surface area contributed by atoms with Gasteiger partial charge in [0, 0.05) is 11.1 Å². The van der Waals surface area contributed by atoms with Crippen molar-refractivity contribution in [2.45, 2.75) is 6.10 Å². The second kappa shape index (κ2) is 4.90. The van der Waals surface area contributed by atoms with Gasteiger partial charge in [-0.3, -0.25) is 0 Å². The van der Waals surface area contributed by atoms with Crippen molar-refractivity contribution in [2.24, 2.45) is 0 Å². The second-order valence-corrected chi connectivity index (χ2v) is 4.53. The largest absolute Gasteiger partial charge is 0.486 e. The molecule has 0 fully saturated rings. The molecule has 0 amide bonds. The van der Waals surface area contributed by atoms with E-state index in [4.69, 9.17) is 21.1 Å². The molecule has 0 aliphatic carbocycles. The van der Waals surface area contributed by atoms with Crippen LogP contribution in [0.2, 0.25) is 5.02 Å². The summed E-state index contributed by atoms with van der Waals surface area (Å²) < 4.78 is 33.9. The van der Waals surface area contributed by atoms with Crippen molar-refractivity contribution < 1.29 is 17.9 Å². The molecule has 0 bridgehead atoms. The van der Waals surface area contributed by atoms with Crippen molar-refractivity contribution in [2.75, 3.05) is 13.2 Å². The van der Waals surface area contributed by atoms with Gasteiger partial charge in [0.1, 0.15) is 12.7 Å². The standard InChI is InChI=1S/C9H10ClNO4S/c10-6-1-2-8-9(3-6)14-5-7(15-8)4-11-16(12)13/h1-3,7,16H,4-5H2,(H,11,12,13). The van der Waals surface area contributed by atoms with E-state index in [-0.39, 0.29) is 12.6 Å². The smallest absolute Gasteiger partial charge is 0.201 e. The number of nitrogens with one attached hydrogen (secondary N) is 1. The summed E-state index contributed by atoms with van der Waals surface area (Å²) in [6.07, 6.45) is -0.318. The predicted molar refractivity (Wildman–Crippen MR) is 59.7 cm³/mol. The molecule has 1 aromatic carbocycles. The number of ether oxygens (including phenoxy) is 2. The second-order valence-electron chi connectivity index (χ2n) is 3.26. The summed E-state index contributed by atoms with van der Waals surface area (Å²) in [7, 11) is -2.60. The summed E-state index contributed by atoms with van der Waals surface area (Å²) in [6.45, 7) is 0.490. The molecule has 7 heteroatoms. The lowest BCUT2D eigenvalue weighted by atomic mass is 10.2. The lowest BCUT2D eigenvalue weighted by Crippen LogP contribution is -2.37. The van der Waals surface area contributed by atoms with Crippen LogP contribution in [0.5, 0.6) is 11.5 Å². The highest BCUT2D eigenvalue weighted by atomic mass is 35.5. The SMILES string of the molecule is O=[SH](=O)NCC1COc2cc(Cl)ccc2O1. The van der Waals surface area contributed by atoms with Crippen LogP contribution in [0.3, 0.4) is 0 Å². The Bertz CT molecular complexity index is 455. The zero-order chi connectivity index (χ0) is 11.5. The average Bonchev–Trinajstić information content (AvgIpc) is 2.26. The molecule has 5 nitrogen and oxygen atoms in total. The van der Waals surface area contributed by atoms with Crippen LogP contribution in [0.15, 0.2) is 18.2 Å². The molecular formula is C9H10ClNO4S. The van der Waals surface area contributed by atoms with E-state index < -0.39 is 10.9 Å². The van der Waals surface area contributed by atoms with Crippen molar-refractivity contribution >= 4 is 22.5 Å². The summed E-state index contributed by atoms with van der Waals surface area (Å²) in [5.74, 6) is 1.15. The van der Waals surface area contributed by atoms with Crippen LogP contribution < -0.4 is 14.2 Å². The highest BCUT2D eigenvalue weighted by Gasteiger charge is 2.20. The number of rotatable bonds is 3. The molecule has 2 rings (SSSR count). The maximum absolute atomic E-state index is 10.3. The first-order valence-electron chi connectivity index (χ1n) is 4.62. The van der Waals surface area contributed by atoms with E-state index >= 15 is 0 Å². The first-order chi connectivity index (χ1) is 7.65. The summed E-state index contributed by atoms with van der Waals surface area (Å²) in [5.41, 5.74) is 0. The summed E-state index contributed by atoms with van der Waals surface area (Å²) in [5, 5.41) is 0.571. The molecule has 0 saturated heterocycles. The van der Waals surface area contributed by atoms with Gasteiger partial charge in [0.05, 0.1) is 6.54 Å². The van der Waals surface area contributed by atoms with E-state index in [1.165, 1.54) is 0 Å². The summed E-state index contributed by atoms with van der Waals surface area (Å²) >= 11 is 5.79. The molecular weight excluding hydrogens is 254 g/mol. The van der Waals surface area contributed by atoms with E-state index in [2.05, 4.69) is 4.72 Å². The molecule has 1 atom stereocenters. The van der Waals surface area contributed by atoms with E-state index in [0.29, 0.717) is 23.1 Å². The first kappa shape index (κ1) is 11.5. The molecule has 88 valence electrons. The van der Waals surface area contributed by atoms with E-state index in [1.54, 1.807) is 18.2 Å². The monoisotopic (exact) mass is 263 g/mol. The quantitative estimate of drug-likeness (QED) is 0.784. The van der Waals surface area contributed by atoms with Gasteiger partial charge in [-0.1, -0.05) is 11.6 Å². The van der Waals surface area contributed by atoms with E-state index in [0.717, 1.165) is 0 Å². The molecule has 0 radical (unpaired) electrons. The first-order valence-corrected chi connectivity index (χ1v) is 6.17. The third-order valence-corrected chi connectivity index (χ3v) is 2.75. The van der Waals surface area contributed by atoms with Gasteiger partial charge in [0.15, 0.2) is 11.5 Å². The van der Waals surface area contributed by atoms with Crippen molar-refractivity contribution in [3.63, 3.8) is 0 Å². The molecule has 1 heterocycles. The topological polar surface area (TPSA) is 64.6 Å². The third-order valence-electron chi connectivity index (χ3n) is 2.07. The molecule has 1 unspecified atom stereocenters. The minimum absolute atomic E-state index is 0.195. The molecule has 0 spiro atoms. The summed E-state index contributed by atoms with van der Waals surface area (Å²) in [6, 6.07) is 5.04. The van der Waals surface area contributed by atoms with Gasteiger partial charge < -0.3 is 9.47 Å². The lowest BCUT2D eigenvalue weighted by molar-refractivity contribution is 0.0945. The van der Waals surface area contributed by atoms with Crippen LogP contribution in [0, 0.1) is 0 Å². The Labute approximate surface area is 99.4 Å². The molecule has 1 N–H and O–H groups in total. The fraction of sp³-hybridized carbons (Fsp3) is 0.333. The lowest BCUT2D eigenvalue weighted by Gasteiger charge is -2.26. The van der Waals surface area contributed by atoms with Crippen molar-refractivity contribution in [1.82, 2.24) is 4.72 Å². The molecule has 0 saturated carbocycles. The Morgan fingerprint density at radius 2 is 2.25 bits per heavy atom. The van der Waals surface area contributed by atoms with Gasteiger partial charge in [-0.2, -0.15) is 0 Å². The Morgan fingerprint density at radius 3 is 3.00 bits per heavy atom. The van der Waals surface area contributed by atoms with E-state index in [1.807, 2.05) is 0 Å². The number of thiol groups is 1. The Balaban J connectivity index is 2.03. The van der Waals surface area contributed by atoms with Gasteiger partial charge in [0.25, 0.3) is 0 Å². The molecule has 1 aliphatic heterocycles. The normalized spacial score (nSPS) is 18.8. The minimum atomic E-state index is -2.60. The average molecular weight is 264 g/mol. The number of benzene rings is 1. The van der Waals surface area contributed by atoms with Crippen LogP contribution in [0.4, 0.5) is 0 Å². The summed E-state index contributed by atoms with van der Waals surface area (Å²) in [4.78, 5) is 0. The number of halogens is 1. The van der Waals surface area contributed by atoms with Crippen molar-refractivity contribution in [1.29, 1.82) is 0 Å². The Hall–Kier alpha value is -0.980. The fourth-order valence-corrected chi connectivity index (χ4v) is 1.88. The van der Waals surface area contributed by atoms with Crippen LogP contribution in [-0.4, -0.2) is 27.7 Å². The molecule has 16 heavy (non-hydrogen) atoms. The molecule has 0 aromatic heterocycles. The van der Waals surface area contributed by atoms with Gasteiger partial charge in [-0.25, -0.2) is 13.1 Å². The van der Waals surface area contributed by atoms with E-state index in [9.17, 15) is 8.42 Å². The maximum atomic E-state index is 10.3. The van der Waals surface area contributed by atoms with Crippen LogP contribution in [0.25, 0.3) is 0 Å². The van der Waals surface area contributed by atoms with Gasteiger partial charge >= 0.3 is 0 Å². The van der Waals surface area contributed by atoms with Crippen LogP contribution in [-0.2, 0) is 10.9 Å². The molecule has 1 aliphatic rings. The van der Waals surface area contributed by atoms with Gasteiger partial charge in [-0.15, -0.1) is 0 Å². The fourth-order valence-electron chi connectivity index (χ4n) is 1.37. The number of fused-ring (bicyclic) bond motifs is 1. The molecule has 1 aromatic rings. The number of hydrogen-bond acceptors (Lipinski definition) is 4. The van der Waals surface area contributed by atoms with Gasteiger partial charge in [-0.05, 0) is 12.1 Å². The Kier molecular flexibility index (Phi) is 3.52. The van der Waals surface area contributed by atoms with Gasteiger partial charge in [0.2, 0.25) is 10.9 Å². The highest BCUT2D eigenvalue weighted by molar-refractivity contribution is 7.70. The van der Waals surface area contributed by atoms with Crippen molar-refractivity contribution in [3.8, 4) is 11.5 Å². The zero-order valence-corrected chi connectivity index (χ0v) is 9.83. The number of hydrogen-bond donors (Lipinski definition) is 2. The van der Waals surface area contributed by atoms with Crippen LogP contribution in [0.1, 0.15) is 0 Å².